The van der Waals surface area contributed by atoms with Crippen LogP contribution in [0.5, 0.6) is 17.4 Å². The summed E-state index contributed by atoms with van der Waals surface area (Å²) in [5.74, 6) is -0.616. The van der Waals surface area contributed by atoms with Crippen LogP contribution in [0.15, 0.2) is 32.9 Å². The van der Waals surface area contributed by atoms with Crippen LogP contribution in [0.4, 0.5) is 0 Å². The fraction of sp³-hybridized carbons (Fsp3) is 0.368. The molecule has 0 bridgehead atoms. The lowest BCUT2D eigenvalue weighted by Crippen LogP contribution is -2.39. The Balaban J connectivity index is 2.13. The van der Waals surface area contributed by atoms with Gasteiger partial charge in [-0.05, 0) is 17.7 Å². The van der Waals surface area contributed by atoms with Gasteiger partial charge in [-0.25, -0.2) is 9.80 Å². The molecule has 10 nitrogen and oxygen atoms in total. The SMILES string of the molecule is CCC(=O)N1N=C(c2c(O)n(C)c(=O)n(C)c2=O)CC1c1ccc(OC)c(O)c1. The predicted octanol–water partition coefficient (Wildman–Crippen LogP) is 0.591. The first-order chi connectivity index (χ1) is 13.7. The van der Waals surface area contributed by atoms with Gasteiger partial charge in [-0.2, -0.15) is 5.10 Å². The molecule has 1 aromatic heterocycles. The molecule has 0 radical (unpaired) electrons. The smallest absolute Gasteiger partial charge is 0.333 e. The Bertz CT molecular complexity index is 1130. The Kier molecular flexibility index (Phi) is 5.19. The molecule has 1 aliphatic rings. The number of amides is 1. The van der Waals surface area contributed by atoms with Gasteiger partial charge in [0.25, 0.3) is 5.56 Å². The Labute approximate surface area is 165 Å². The van der Waals surface area contributed by atoms with Crippen LogP contribution < -0.4 is 16.0 Å². The highest BCUT2D eigenvalue weighted by Crippen LogP contribution is 2.37. The summed E-state index contributed by atoms with van der Waals surface area (Å²) in [6, 6.07) is 4.14. The van der Waals surface area contributed by atoms with E-state index in [-0.39, 0.29) is 41.5 Å². The maximum absolute atomic E-state index is 12.6. The molecule has 10 heteroatoms. The zero-order chi connectivity index (χ0) is 21.5. The van der Waals surface area contributed by atoms with Crippen molar-refractivity contribution in [2.45, 2.75) is 25.8 Å². The summed E-state index contributed by atoms with van der Waals surface area (Å²) in [6.45, 7) is 1.68. The largest absolute Gasteiger partial charge is 0.504 e. The number of methoxy groups -OCH3 is 1. The normalized spacial score (nSPS) is 16.1. The molecule has 1 unspecified atom stereocenters. The monoisotopic (exact) mass is 402 g/mol. The van der Waals surface area contributed by atoms with E-state index in [0.29, 0.717) is 5.56 Å². The van der Waals surface area contributed by atoms with Crippen LogP contribution in [-0.2, 0) is 18.9 Å². The van der Waals surface area contributed by atoms with Crippen molar-refractivity contribution >= 4 is 11.6 Å². The van der Waals surface area contributed by atoms with Crippen molar-refractivity contribution in [1.82, 2.24) is 14.1 Å². The molecule has 0 spiro atoms. The molecule has 1 aliphatic heterocycles. The second-order valence-corrected chi connectivity index (χ2v) is 6.69. The molecule has 1 amide bonds. The molecule has 0 aliphatic carbocycles. The molecule has 0 saturated heterocycles. The van der Waals surface area contributed by atoms with E-state index in [4.69, 9.17) is 4.74 Å². The standard InChI is InChI=1S/C19H22N4O6/c1-5-15(25)23-12(10-6-7-14(29-4)13(24)8-10)9-11(20-23)16-17(26)21(2)19(28)22(3)18(16)27/h6-8,12,24,26H,5,9H2,1-4H3. The molecule has 0 fully saturated rings. The van der Waals surface area contributed by atoms with Gasteiger partial charge in [-0.15, -0.1) is 0 Å². The zero-order valence-electron chi connectivity index (χ0n) is 16.5. The average molecular weight is 402 g/mol. The van der Waals surface area contributed by atoms with Gasteiger partial charge in [0.15, 0.2) is 11.5 Å². The molecule has 29 heavy (non-hydrogen) atoms. The molecule has 0 saturated carbocycles. The summed E-state index contributed by atoms with van der Waals surface area (Å²) in [5, 5.41) is 26.0. The zero-order valence-corrected chi connectivity index (χ0v) is 16.5. The fourth-order valence-corrected chi connectivity index (χ4v) is 3.31. The molecule has 2 heterocycles. The number of hydrazone groups is 1. The number of nitrogens with zero attached hydrogens (tertiary/aromatic N) is 4. The first-order valence-corrected chi connectivity index (χ1v) is 8.97. The molecule has 1 aromatic carbocycles. The number of carbonyl (C=O) groups excluding carboxylic acids is 1. The summed E-state index contributed by atoms with van der Waals surface area (Å²) in [7, 11) is 4.07. The third kappa shape index (κ3) is 3.26. The second-order valence-electron chi connectivity index (χ2n) is 6.69. The van der Waals surface area contributed by atoms with E-state index in [2.05, 4.69) is 5.10 Å². The number of benzene rings is 1. The third-order valence-corrected chi connectivity index (χ3v) is 4.98. The Morgan fingerprint density at radius 2 is 1.93 bits per heavy atom. The van der Waals surface area contributed by atoms with Gasteiger partial charge < -0.3 is 14.9 Å². The van der Waals surface area contributed by atoms with Crippen molar-refractivity contribution < 1.29 is 19.7 Å². The van der Waals surface area contributed by atoms with E-state index < -0.39 is 23.2 Å². The van der Waals surface area contributed by atoms with Crippen LogP contribution >= 0.6 is 0 Å². The molecule has 154 valence electrons. The maximum Gasteiger partial charge on any atom is 0.333 e. The number of ether oxygens (including phenoxy) is 1. The van der Waals surface area contributed by atoms with Gasteiger partial charge in [-0.1, -0.05) is 13.0 Å². The van der Waals surface area contributed by atoms with Gasteiger partial charge in [0, 0.05) is 26.9 Å². The summed E-state index contributed by atoms with van der Waals surface area (Å²) in [6.07, 6.45) is 0.297. The number of hydrogen-bond acceptors (Lipinski definition) is 7. The molecular formula is C19H22N4O6. The van der Waals surface area contributed by atoms with Crippen molar-refractivity contribution in [2.75, 3.05) is 7.11 Å². The number of phenolic OH excluding ortho intramolecular Hbond substituents is 1. The minimum Gasteiger partial charge on any atom is -0.504 e. The van der Waals surface area contributed by atoms with Crippen LogP contribution in [-0.4, -0.2) is 43.1 Å². The molecular weight excluding hydrogens is 380 g/mol. The third-order valence-electron chi connectivity index (χ3n) is 4.98. The number of hydrogen-bond donors (Lipinski definition) is 2. The number of carbonyl (C=O) groups is 1. The number of aromatic nitrogens is 2. The first kappa shape index (κ1) is 20.2. The summed E-state index contributed by atoms with van der Waals surface area (Å²) in [4.78, 5) is 37.1. The fourth-order valence-electron chi connectivity index (χ4n) is 3.31. The van der Waals surface area contributed by atoms with Crippen molar-refractivity contribution in [1.29, 1.82) is 0 Å². The van der Waals surface area contributed by atoms with Crippen molar-refractivity contribution in [2.24, 2.45) is 19.2 Å². The Morgan fingerprint density at radius 3 is 2.52 bits per heavy atom. The highest BCUT2D eigenvalue weighted by molar-refractivity contribution is 6.04. The van der Waals surface area contributed by atoms with E-state index in [9.17, 15) is 24.6 Å². The highest BCUT2D eigenvalue weighted by atomic mass is 16.5. The minimum atomic E-state index is -0.702. The van der Waals surface area contributed by atoms with Crippen LogP contribution in [0.2, 0.25) is 0 Å². The topological polar surface area (TPSA) is 126 Å². The van der Waals surface area contributed by atoms with Crippen LogP contribution in [0.25, 0.3) is 0 Å². The summed E-state index contributed by atoms with van der Waals surface area (Å²) < 4.78 is 6.86. The number of aromatic hydroxyl groups is 2. The van der Waals surface area contributed by atoms with E-state index in [1.165, 1.54) is 32.3 Å². The van der Waals surface area contributed by atoms with Crippen molar-refractivity contribution in [3.63, 3.8) is 0 Å². The quantitative estimate of drug-likeness (QED) is 0.771. The van der Waals surface area contributed by atoms with Gasteiger partial charge in [-0.3, -0.25) is 18.7 Å². The molecule has 3 rings (SSSR count). The highest BCUT2D eigenvalue weighted by Gasteiger charge is 2.35. The second kappa shape index (κ2) is 7.46. The van der Waals surface area contributed by atoms with E-state index >= 15 is 0 Å². The average Bonchev–Trinajstić information content (AvgIpc) is 3.15. The lowest BCUT2D eigenvalue weighted by molar-refractivity contribution is -0.132. The van der Waals surface area contributed by atoms with E-state index in [0.717, 1.165) is 9.13 Å². The van der Waals surface area contributed by atoms with E-state index in [1.54, 1.807) is 19.1 Å². The van der Waals surface area contributed by atoms with Crippen LogP contribution in [0.3, 0.4) is 0 Å². The maximum atomic E-state index is 12.6. The van der Waals surface area contributed by atoms with Crippen LogP contribution in [0.1, 0.15) is 36.9 Å². The number of rotatable bonds is 4. The summed E-state index contributed by atoms with van der Waals surface area (Å²) >= 11 is 0. The van der Waals surface area contributed by atoms with E-state index in [1.807, 2.05) is 0 Å². The summed E-state index contributed by atoms with van der Waals surface area (Å²) in [5.41, 5.74) is -0.742. The lowest BCUT2D eigenvalue weighted by Gasteiger charge is -2.22. The minimum absolute atomic E-state index is 0.0942. The lowest BCUT2D eigenvalue weighted by atomic mass is 9.98. The van der Waals surface area contributed by atoms with Crippen molar-refractivity contribution in [3.8, 4) is 17.4 Å². The van der Waals surface area contributed by atoms with Gasteiger partial charge in [0.1, 0.15) is 5.56 Å². The molecule has 1 atom stereocenters. The van der Waals surface area contributed by atoms with Gasteiger partial charge in [0.2, 0.25) is 11.8 Å². The molecule has 2 N–H and O–H groups in total. The van der Waals surface area contributed by atoms with Crippen LogP contribution in [0, 0.1) is 0 Å². The Hall–Kier alpha value is -3.56. The first-order valence-electron chi connectivity index (χ1n) is 8.97. The van der Waals surface area contributed by atoms with Crippen molar-refractivity contribution in [3.05, 3.63) is 50.2 Å². The Morgan fingerprint density at radius 1 is 1.24 bits per heavy atom. The predicted molar refractivity (Wildman–Crippen MR) is 104 cm³/mol. The molecule has 2 aromatic rings. The number of phenols is 1. The van der Waals surface area contributed by atoms with Gasteiger partial charge in [0.05, 0.1) is 18.9 Å². The van der Waals surface area contributed by atoms with Gasteiger partial charge >= 0.3 is 5.69 Å².